The number of aromatic nitrogens is 2. The van der Waals surface area contributed by atoms with Crippen molar-refractivity contribution in [3.63, 3.8) is 0 Å². The van der Waals surface area contributed by atoms with Gasteiger partial charge >= 0.3 is 0 Å². The Morgan fingerprint density at radius 1 is 1.10 bits per heavy atom. The van der Waals surface area contributed by atoms with Crippen LogP contribution in [0.15, 0.2) is 24.3 Å². The summed E-state index contributed by atoms with van der Waals surface area (Å²) in [5, 5.41) is 3.68. The first kappa shape index (κ1) is 12.2. The monoisotopic (exact) mass is 270 g/mol. The Morgan fingerprint density at radius 3 is 2.90 bits per heavy atom. The summed E-state index contributed by atoms with van der Waals surface area (Å²) in [4.78, 5) is 10.8. The third-order valence-corrected chi connectivity index (χ3v) is 4.76. The second-order valence-electron chi connectivity index (χ2n) is 6.04. The number of nitrogens with zero attached hydrogens (tertiary/aromatic N) is 2. The van der Waals surface area contributed by atoms with Crippen LogP contribution in [-0.4, -0.2) is 35.1 Å². The Kier molecular flexibility index (Phi) is 3.11. The lowest BCUT2D eigenvalue weighted by Crippen LogP contribution is -2.50. The van der Waals surface area contributed by atoms with Crippen LogP contribution in [0.5, 0.6) is 0 Å². The second-order valence-corrected chi connectivity index (χ2v) is 6.04. The number of benzene rings is 1. The van der Waals surface area contributed by atoms with E-state index in [0.29, 0.717) is 12.1 Å². The number of aromatic amines is 1. The number of imidazole rings is 1. The molecule has 2 unspecified atom stereocenters. The fraction of sp³-hybridized carbons (Fsp3) is 0.562. The van der Waals surface area contributed by atoms with Gasteiger partial charge in [0.25, 0.3) is 0 Å². The van der Waals surface area contributed by atoms with Crippen molar-refractivity contribution in [1.29, 1.82) is 0 Å². The van der Waals surface area contributed by atoms with E-state index in [1.807, 2.05) is 0 Å². The maximum Gasteiger partial charge on any atom is 0.204 e. The highest BCUT2D eigenvalue weighted by Gasteiger charge is 2.32. The number of anilines is 1. The summed E-state index contributed by atoms with van der Waals surface area (Å²) in [6.07, 6.45) is 6.53. The van der Waals surface area contributed by atoms with Crippen molar-refractivity contribution in [3.8, 4) is 0 Å². The predicted octanol–water partition coefficient (Wildman–Crippen LogP) is 2.67. The Balaban J connectivity index is 1.66. The van der Waals surface area contributed by atoms with Gasteiger partial charge < -0.3 is 15.2 Å². The minimum Gasteiger partial charge on any atom is -0.338 e. The molecule has 1 aromatic heterocycles. The van der Waals surface area contributed by atoms with Crippen molar-refractivity contribution < 1.29 is 0 Å². The Bertz CT molecular complexity index is 552. The van der Waals surface area contributed by atoms with Gasteiger partial charge in [-0.2, -0.15) is 0 Å². The summed E-state index contributed by atoms with van der Waals surface area (Å²) in [7, 11) is 0. The van der Waals surface area contributed by atoms with Crippen LogP contribution < -0.4 is 10.2 Å². The van der Waals surface area contributed by atoms with Crippen molar-refractivity contribution in [2.24, 2.45) is 0 Å². The molecule has 2 aliphatic rings. The molecule has 0 spiro atoms. The number of nitrogens with one attached hydrogen (secondary N) is 2. The molecule has 0 aliphatic carbocycles. The average molecular weight is 270 g/mol. The van der Waals surface area contributed by atoms with Crippen LogP contribution in [0.2, 0.25) is 0 Å². The first-order chi connectivity index (χ1) is 9.92. The Hall–Kier alpha value is -1.55. The number of hydrogen-bond donors (Lipinski definition) is 2. The van der Waals surface area contributed by atoms with Gasteiger partial charge in [-0.05, 0) is 50.8 Å². The van der Waals surface area contributed by atoms with E-state index in [9.17, 15) is 0 Å². The average Bonchev–Trinajstić information content (AvgIpc) is 3.16. The molecule has 2 atom stereocenters. The summed E-state index contributed by atoms with van der Waals surface area (Å²) in [5.41, 5.74) is 2.22. The van der Waals surface area contributed by atoms with Crippen LogP contribution in [-0.2, 0) is 0 Å². The molecule has 2 aliphatic heterocycles. The number of fused-ring (bicyclic) bond motifs is 1. The lowest BCUT2D eigenvalue weighted by Gasteiger charge is -2.39. The van der Waals surface area contributed by atoms with Gasteiger partial charge in [0, 0.05) is 18.6 Å². The highest BCUT2D eigenvalue weighted by atomic mass is 15.3. The normalized spacial score (nSPS) is 27.3. The van der Waals surface area contributed by atoms with Crippen LogP contribution >= 0.6 is 0 Å². The molecule has 4 nitrogen and oxygen atoms in total. The first-order valence-corrected chi connectivity index (χ1v) is 7.86. The fourth-order valence-corrected chi connectivity index (χ4v) is 3.75. The fourth-order valence-electron chi connectivity index (χ4n) is 3.75. The molecule has 2 saturated heterocycles. The summed E-state index contributed by atoms with van der Waals surface area (Å²) >= 11 is 0. The zero-order chi connectivity index (χ0) is 13.4. The smallest absolute Gasteiger partial charge is 0.204 e. The number of piperidine rings is 1. The molecule has 0 radical (unpaired) electrons. The summed E-state index contributed by atoms with van der Waals surface area (Å²) in [6, 6.07) is 9.56. The molecule has 0 bridgehead atoms. The topological polar surface area (TPSA) is 44.0 Å². The lowest BCUT2D eigenvalue weighted by molar-refractivity contribution is 0.374. The number of para-hydroxylation sites is 2. The number of hydrogen-bond acceptors (Lipinski definition) is 3. The summed E-state index contributed by atoms with van der Waals surface area (Å²) < 4.78 is 0. The molecule has 106 valence electrons. The van der Waals surface area contributed by atoms with Crippen molar-refractivity contribution in [1.82, 2.24) is 15.3 Å². The van der Waals surface area contributed by atoms with Crippen molar-refractivity contribution in [3.05, 3.63) is 24.3 Å². The standard InChI is InChI=1S/C16H22N4/c1-2-7-13-12(6-1)18-16(19-13)20-11-4-3-9-15(20)14-8-5-10-17-14/h1-2,6-7,14-15,17H,3-5,8-11H2,(H,18,19). The highest BCUT2D eigenvalue weighted by molar-refractivity contribution is 5.77. The summed E-state index contributed by atoms with van der Waals surface area (Å²) in [5.74, 6) is 1.06. The Morgan fingerprint density at radius 2 is 2.05 bits per heavy atom. The zero-order valence-corrected chi connectivity index (χ0v) is 11.8. The van der Waals surface area contributed by atoms with Crippen molar-refractivity contribution in [2.45, 2.75) is 44.2 Å². The maximum atomic E-state index is 4.80. The van der Waals surface area contributed by atoms with Gasteiger partial charge in [0.05, 0.1) is 11.0 Å². The van der Waals surface area contributed by atoms with Crippen LogP contribution in [0, 0.1) is 0 Å². The van der Waals surface area contributed by atoms with Crippen molar-refractivity contribution >= 4 is 17.0 Å². The minimum absolute atomic E-state index is 0.604. The molecule has 2 aromatic rings. The van der Waals surface area contributed by atoms with Gasteiger partial charge in [-0.15, -0.1) is 0 Å². The zero-order valence-electron chi connectivity index (χ0n) is 11.8. The third kappa shape index (κ3) is 2.08. The molecule has 20 heavy (non-hydrogen) atoms. The molecule has 1 aromatic carbocycles. The largest absolute Gasteiger partial charge is 0.338 e. The molecule has 2 fully saturated rings. The predicted molar refractivity (Wildman–Crippen MR) is 82.1 cm³/mol. The molecular weight excluding hydrogens is 248 g/mol. The van der Waals surface area contributed by atoms with E-state index in [4.69, 9.17) is 4.98 Å². The molecule has 4 rings (SSSR count). The summed E-state index contributed by atoms with van der Waals surface area (Å²) in [6.45, 7) is 2.30. The highest BCUT2D eigenvalue weighted by Crippen LogP contribution is 2.28. The van der Waals surface area contributed by atoms with Gasteiger partial charge in [-0.25, -0.2) is 4.98 Å². The van der Waals surface area contributed by atoms with E-state index in [2.05, 4.69) is 39.5 Å². The SMILES string of the molecule is c1ccc2[nH]c(N3CCCCC3C3CCCN3)nc2c1. The van der Waals surface area contributed by atoms with Crippen LogP contribution in [0.4, 0.5) is 5.95 Å². The van der Waals surface area contributed by atoms with Gasteiger partial charge in [-0.1, -0.05) is 12.1 Å². The van der Waals surface area contributed by atoms with E-state index in [0.717, 1.165) is 23.5 Å². The maximum absolute atomic E-state index is 4.80. The van der Waals surface area contributed by atoms with E-state index < -0.39 is 0 Å². The van der Waals surface area contributed by atoms with Crippen LogP contribution in [0.1, 0.15) is 32.1 Å². The minimum atomic E-state index is 0.604. The molecule has 2 N–H and O–H groups in total. The Labute approximate surface area is 119 Å². The molecule has 4 heteroatoms. The van der Waals surface area contributed by atoms with E-state index >= 15 is 0 Å². The molecule has 0 amide bonds. The van der Waals surface area contributed by atoms with Gasteiger partial charge in [0.15, 0.2) is 0 Å². The van der Waals surface area contributed by atoms with E-state index in [1.54, 1.807) is 0 Å². The molecular formula is C16H22N4. The van der Waals surface area contributed by atoms with E-state index in [-0.39, 0.29) is 0 Å². The number of H-pyrrole nitrogens is 1. The number of rotatable bonds is 2. The van der Waals surface area contributed by atoms with E-state index in [1.165, 1.54) is 38.6 Å². The molecule has 3 heterocycles. The van der Waals surface area contributed by atoms with Crippen LogP contribution in [0.3, 0.4) is 0 Å². The second kappa shape index (κ2) is 5.09. The molecule has 0 saturated carbocycles. The van der Waals surface area contributed by atoms with Gasteiger partial charge in [0.2, 0.25) is 5.95 Å². The lowest BCUT2D eigenvalue weighted by atomic mass is 9.95. The van der Waals surface area contributed by atoms with Crippen LogP contribution in [0.25, 0.3) is 11.0 Å². The van der Waals surface area contributed by atoms with Crippen molar-refractivity contribution in [2.75, 3.05) is 18.0 Å². The van der Waals surface area contributed by atoms with Gasteiger partial charge in [0.1, 0.15) is 0 Å². The third-order valence-electron chi connectivity index (χ3n) is 4.76. The first-order valence-electron chi connectivity index (χ1n) is 7.86. The quantitative estimate of drug-likeness (QED) is 0.882. The van der Waals surface area contributed by atoms with Gasteiger partial charge in [-0.3, -0.25) is 0 Å².